The zero-order chi connectivity index (χ0) is 32.7. The molecule has 4 nitrogen and oxygen atoms in total. The van der Waals surface area contributed by atoms with Crippen molar-refractivity contribution in [1.29, 1.82) is 0 Å². The van der Waals surface area contributed by atoms with E-state index >= 15 is 0 Å². The highest BCUT2D eigenvalue weighted by Gasteiger charge is 2.15. The summed E-state index contributed by atoms with van der Waals surface area (Å²) in [5.74, 6) is 0.633. The normalized spacial score (nSPS) is 12.0. The van der Waals surface area contributed by atoms with Gasteiger partial charge in [-0.05, 0) is 89.1 Å². The van der Waals surface area contributed by atoms with E-state index in [2.05, 4.69) is 150 Å². The summed E-state index contributed by atoms with van der Waals surface area (Å²) in [5, 5.41) is 4.70. The van der Waals surface area contributed by atoms with E-state index in [1.165, 1.54) is 10.8 Å². The van der Waals surface area contributed by atoms with Crippen LogP contribution >= 0.6 is 0 Å². The fourth-order valence-electron chi connectivity index (χ4n) is 7.00. The Morgan fingerprint density at radius 1 is 0.510 bits per heavy atom. The smallest absolute Gasteiger partial charge is 0.154 e. The number of nitrogens with zero attached hydrogens (tertiary/aromatic N) is 3. The molecule has 9 aromatic rings. The van der Waals surface area contributed by atoms with Crippen molar-refractivity contribution in [1.82, 2.24) is 4.57 Å². The number of fused-ring (bicyclic) bond motifs is 6. The number of aliphatic imine (C=N–C) groups is 2. The van der Waals surface area contributed by atoms with Crippen molar-refractivity contribution in [3.63, 3.8) is 0 Å². The van der Waals surface area contributed by atoms with Crippen LogP contribution in [0.3, 0.4) is 0 Å². The topological polar surface area (TPSA) is 42.8 Å². The number of amidine groups is 1. The first-order valence-electron chi connectivity index (χ1n) is 16.4. The van der Waals surface area contributed by atoms with Crippen LogP contribution in [-0.4, -0.2) is 17.1 Å². The van der Waals surface area contributed by atoms with Gasteiger partial charge in [-0.3, -0.25) is 4.99 Å². The fourth-order valence-corrected chi connectivity index (χ4v) is 7.00. The maximum Gasteiger partial charge on any atom is 0.154 e. The molecule has 0 aliphatic rings. The van der Waals surface area contributed by atoms with Gasteiger partial charge in [-0.1, -0.05) is 109 Å². The molecule has 49 heavy (non-hydrogen) atoms. The molecule has 0 aliphatic carbocycles. The van der Waals surface area contributed by atoms with Crippen LogP contribution in [0.4, 0.5) is 0 Å². The Hall–Kier alpha value is -6.52. The van der Waals surface area contributed by atoms with Crippen molar-refractivity contribution in [2.75, 3.05) is 0 Å². The summed E-state index contributed by atoms with van der Waals surface area (Å²) in [6.07, 6.45) is 0. The van der Waals surface area contributed by atoms with Gasteiger partial charge < -0.3 is 8.98 Å². The molecular weight excluding hydrogens is 599 g/mol. The van der Waals surface area contributed by atoms with Crippen molar-refractivity contribution in [3.8, 4) is 27.9 Å². The molecule has 0 bridgehead atoms. The summed E-state index contributed by atoms with van der Waals surface area (Å²) in [7, 11) is 0. The van der Waals surface area contributed by atoms with Crippen LogP contribution in [0, 0.1) is 0 Å². The number of aromatic nitrogens is 1. The van der Waals surface area contributed by atoms with Gasteiger partial charge in [-0.15, -0.1) is 0 Å². The molecule has 232 valence electrons. The quantitative estimate of drug-likeness (QED) is 0.133. The van der Waals surface area contributed by atoms with Crippen molar-refractivity contribution < 1.29 is 4.42 Å². The summed E-state index contributed by atoms with van der Waals surface area (Å²) >= 11 is 0. The van der Waals surface area contributed by atoms with E-state index in [1.54, 1.807) is 0 Å². The molecule has 2 aromatic heterocycles. The first-order valence-corrected chi connectivity index (χ1v) is 16.4. The number of furan rings is 1. The maximum absolute atomic E-state index is 6.21. The fraction of sp³-hybridized carbons (Fsp3) is 0.0222. The second-order valence-corrected chi connectivity index (χ2v) is 12.3. The van der Waals surface area contributed by atoms with E-state index < -0.39 is 0 Å². The highest BCUT2D eigenvalue weighted by atomic mass is 16.3. The second-order valence-electron chi connectivity index (χ2n) is 12.3. The number of hydrogen-bond donors (Lipinski definition) is 0. The zero-order valence-corrected chi connectivity index (χ0v) is 26.8. The minimum atomic E-state index is 0.489. The summed E-state index contributed by atoms with van der Waals surface area (Å²) in [6, 6.07) is 57.4. The Bertz CT molecular complexity index is 2710. The van der Waals surface area contributed by atoms with Crippen LogP contribution in [0.25, 0.3) is 71.7 Å². The molecule has 4 heteroatoms. The second kappa shape index (κ2) is 11.9. The Morgan fingerprint density at radius 3 is 2.10 bits per heavy atom. The summed E-state index contributed by atoms with van der Waals surface area (Å²) < 4.78 is 8.56. The molecule has 0 atom stereocenters. The highest BCUT2D eigenvalue weighted by Crippen LogP contribution is 2.37. The van der Waals surface area contributed by atoms with Crippen LogP contribution in [0.5, 0.6) is 0 Å². The number of benzene rings is 7. The largest absolute Gasteiger partial charge is 0.456 e. The van der Waals surface area contributed by atoms with Gasteiger partial charge in [0.2, 0.25) is 0 Å². The summed E-state index contributed by atoms with van der Waals surface area (Å²) in [4.78, 5) is 9.23. The van der Waals surface area contributed by atoms with Crippen LogP contribution < -0.4 is 0 Å². The van der Waals surface area contributed by atoms with Gasteiger partial charge in [0.1, 0.15) is 11.2 Å². The zero-order valence-electron chi connectivity index (χ0n) is 26.8. The van der Waals surface area contributed by atoms with E-state index in [-0.39, 0.29) is 0 Å². The third kappa shape index (κ3) is 5.11. The average Bonchev–Trinajstić information content (AvgIpc) is 3.71. The highest BCUT2D eigenvalue weighted by molar-refractivity contribution is 6.11. The van der Waals surface area contributed by atoms with Crippen LogP contribution in [0.15, 0.2) is 178 Å². The third-order valence-corrected chi connectivity index (χ3v) is 9.34. The van der Waals surface area contributed by atoms with Crippen LogP contribution in [-0.2, 0) is 6.54 Å². The predicted molar refractivity (Wildman–Crippen MR) is 205 cm³/mol. The van der Waals surface area contributed by atoms with Gasteiger partial charge in [-0.25, -0.2) is 4.99 Å². The number of para-hydroxylation sites is 2. The van der Waals surface area contributed by atoms with Gasteiger partial charge in [0, 0.05) is 32.8 Å². The predicted octanol–water partition coefficient (Wildman–Crippen LogP) is 11.7. The lowest BCUT2D eigenvalue weighted by atomic mass is 10.0. The molecule has 0 saturated carbocycles. The van der Waals surface area contributed by atoms with Crippen molar-refractivity contribution >= 4 is 56.3 Å². The molecule has 0 fully saturated rings. The van der Waals surface area contributed by atoms with Gasteiger partial charge in [0.05, 0.1) is 17.6 Å². The number of rotatable bonds is 6. The standard InChI is InChI=1S/C45H31N3O/c1-46-45(35-15-10-14-32(26-35)31-12-3-2-4-13-31)47-29-30-11-9-16-36(25-30)48-41-19-7-5-17-37(41)40-27-33(22-24-42(40)48)34-21-23-39-38-18-6-8-20-43(38)49-44(39)28-34/h2-28H,1,29H2/b47-45-. The molecule has 0 N–H and O–H groups in total. The van der Waals surface area contributed by atoms with E-state index in [4.69, 9.17) is 9.41 Å². The molecule has 0 spiro atoms. The van der Waals surface area contributed by atoms with Gasteiger partial charge in [-0.2, -0.15) is 0 Å². The summed E-state index contributed by atoms with van der Waals surface area (Å²) in [6.45, 7) is 4.33. The van der Waals surface area contributed by atoms with Crippen LogP contribution in [0.1, 0.15) is 11.1 Å². The van der Waals surface area contributed by atoms with E-state index in [0.29, 0.717) is 12.4 Å². The molecular formula is C45H31N3O. The molecule has 0 amide bonds. The van der Waals surface area contributed by atoms with Gasteiger partial charge in [0.15, 0.2) is 5.84 Å². The lowest BCUT2D eigenvalue weighted by Crippen LogP contribution is -1.99. The minimum absolute atomic E-state index is 0.489. The Kier molecular flexibility index (Phi) is 6.98. The van der Waals surface area contributed by atoms with Crippen molar-refractivity contribution in [2.45, 2.75) is 6.54 Å². The van der Waals surface area contributed by atoms with Gasteiger partial charge in [0.25, 0.3) is 0 Å². The Morgan fingerprint density at radius 2 is 1.20 bits per heavy atom. The molecule has 2 heterocycles. The Labute approximate surface area is 283 Å². The molecule has 0 unspecified atom stereocenters. The van der Waals surface area contributed by atoms with Crippen molar-refractivity contribution in [2.24, 2.45) is 9.98 Å². The molecule has 0 radical (unpaired) electrons. The van der Waals surface area contributed by atoms with E-state index in [0.717, 1.165) is 72.0 Å². The number of hydrogen-bond acceptors (Lipinski definition) is 2. The van der Waals surface area contributed by atoms with Crippen LogP contribution in [0.2, 0.25) is 0 Å². The van der Waals surface area contributed by atoms with E-state index in [9.17, 15) is 0 Å². The maximum atomic E-state index is 6.21. The Balaban J connectivity index is 1.08. The molecule has 0 aliphatic heterocycles. The SMILES string of the molecule is C=N/C(=N\Cc1cccc(-n2c3ccccc3c3cc(-c4ccc5c(c4)oc4ccccc45)ccc32)c1)c1cccc(-c2ccccc2)c1. The first kappa shape index (κ1) is 28.7. The van der Waals surface area contributed by atoms with E-state index in [1.807, 2.05) is 30.3 Å². The molecule has 0 saturated heterocycles. The average molecular weight is 630 g/mol. The lowest BCUT2D eigenvalue weighted by Gasteiger charge is -2.10. The van der Waals surface area contributed by atoms with Crippen molar-refractivity contribution in [3.05, 3.63) is 175 Å². The monoisotopic (exact) mass is 629 g/mol. The first-order chi connectivity index (χ1) is 24.2. The third-order valence-electron chi connectivity index (χ3n) is 9.34. The lowest BCUT2D eigenvalue weighted by molar-refractivity contribution is 0.669. The molecule has 9 rings (SSSR count). The van der Waals surface area contributed by atoms with Gasteiger partial charge >= 0.3 is 0 Å². The molecule has 7 aromatic carbocycles. The summed E-state index contributed by atoms with van der Waals surface area (Å²) in [5.41, 5.74) is 11.8. The minimum Gasteiger partial charge on any atom is -0.456 e.